The number of piperidine rings is 1. The van der Waals surface area contributed by atoms with E-state index in [1.54, 1.807) is 6.20 Å². The maximum Gasteiger partial charge on any atom is 0.225 e. The number of nitrogens with zero attached hydrogens (tertiary/aromatic N) is 3. The van der Waals surface area contributed by atoms with E-state index in [1.807, 2.05) is 0 Å². The Bertz CT molecular complexity index is 898. The average Bonchev–Trinajstić information content (AvgIpc) is 3.39. The van der Waals surface area contributed by atoms with Gasteiger partial charge in [-0.1, -0.05) is 28.1 Å². The van der Waals surface area contributed by atoms with Gasteiger partial charge in [0.1, 0.15) is 0 Å². The second kappa shape index (κ2) is 8.79. The predicted molar refractivity (Wildman–Crippen MR) is 119 cm³/mol. The van der Waals surface area contributed by atoms with Crippen molar-refractivity contribution in [2.75, 3.05) is 30.3 Å². The van der Waals surface area contributed by atoms with E-state index in [4.69, 9.17) is 10.8 Å². The molecule has 8 heteroatoms. The van der Waals surface area contributed by atoms with Gasteiger partial charge in [0.25, 0.3) is 0 Å². The summed E-state index contributed by atoms with van der Waals surface area (Å²) in [7, 11) is -0.892. The molecule has 0 spiro atoms. The van der Waals surface area contributed by atoms with Gasteiger partial charge in [-0.15, -0.1) is 0 Å². The number of nitrogens with two attached hydrogens (primary N) is 1. The Balaban J connectivity index is 0.000000294. The lowest BCUT2D eigenvalue weighted by Gasteiger charge is -2.32. The number of rotatable bonds is 3. The van der Waals surface area contributed by atoms with Crippen molar-refractivity contribution in [3.63, 3.8) is 0 Å². The number of hydrogen-bond donors (Lipinski definition) is 2. The summed E-state index contributed by atoms with van der Waals surface area (Å²) >= 11 is 3.56. The fourth-order valence-corrected chi connectivity index (χ4v) is 5.30. The molecule has 2 aromatic rings. The third-order valence-corrected chi connectivity index (χ3v) is 7.79. The van der Waals surface area contributed by atoms with Crippen LogP contribution in [0, 0.1) is 0 Å². The molecule has 0 amide bonds. The predicted octanol–water partition coefficient (Wildman–Crippen LogP) is 2.76. The average molecular weight is 479 g/mol. The number of aliphatic hydroxyl groups excluding tert-OH is 1. The highest BCUT2D eigenvalue weighted by atomic mass is 79.9. The summed E-state index contributed by atoms with van der Waals surface area (Å²) in [5.41, 5.74) is 7.62. The van der Waals surface area contributed by atoms with E-state index in [1.165, 1.54) is 5.56 Å². The zero-order chi connectivity index (χ0) is 20.4. The number of aryl methyl sites for hydroxylation is 1. The highest BCUT2D eigenvalue weighted by Gasteiger charge is 2.36. The summed E-state index contributed by atoms with van der Waals surface area (Å²) in [6.07, 6.45) is 6.81. The van der Waals surface area contributed by atoms with Crippen molar-refractivity contribution in [1.82, 2.24) is 9.97 Å². The molecule has 2 aliphatic heterocycles. The van der Waals surface area contributed by atoms with Crippen LogP contribution >= 0.6 is 15.9 Å². The van der Waals surface area contributed by atoms with Crippen LogP contribution in [-0.4, -0.2) is 50.3 Å². The van der Waals surface area contributed by atoms with Crippen LogP contribution < -0.4 is 10.6 Å². The molecule has 1 aromatic heterocycles. The molecule has 0 bridgehead atoms. The molecule has 1 saturated heterocycles. The van der Waals surface area contributed by atoms with Gasteiger partial charge in [-0.3, -0.25) is 4.21 Å². The van der Waals surface area contributed by atoms with Crippen molar-refractivity contribution in [2.24, 2.45) is 5.73 Å². The molecular formula is C21H27BrN4O2S. The summed E-state index contributed by atoms with van der Waals surface area (Å²) in [5.74, 6) is 2.10. The van der Waals surface area contributed by atoms with Crippen LogP contribution in [0.4, 0.5) is 5.95 Å². The standard InChI is InChI=1S/C17H18BrN3OS.C4H9NO/c18-14-3-1-2-13(10-14)12-4-7-21(8-5-12)17-19-11-16-15(20-17)6-9-23(16)22;5-4(3-6)1-2-4/h1-3,10-12H,4-9H2;6H,1-3,5H2. The maximum atomic E-state index is 11.8. The van der Waals surface area contributed by atoms with E-state index in [-0.39, 0.29) is 12.1 Å². The largest absolute Gasteiger partial charge is 0.394 e. The molecular weight excluding hydrogens is 452 g/mol. The molecule has 1 aromatic carbocycles. The Kier molecular flexibility index (Phi) is 6.34. The van der Waals surface area contributed by atoms with Crippen LogP contribution in [0.3, 0.4) is 0 Å². The number of benzene rings is 1. The zero-order valence-corrected chi connectivity index (χ0v) is 18.8. The van der Waals surface area contributed by atoms with Crippen LogP contribution in [0.2, 0.25) is 0 Å². The van der Waals surface area contributed by atoms with Crippen molar-refractivity contribution < 1.29 is 9.32 Å². The van der Waals surface area contributed by atoms with E-state index in [2.05, 4.69) is 55.1 Å². The van der Waals surface area contributed by atoms with Gasteiger partial charge in [-0.2, -0.15) is 0 Å². The summed E-state index contributed by atoms with van der Waals surface area (Å²) in [6.45, 7) is 2.10. The third kappa shape index (κ3) is 5.05. The normalized spacial score (nSPS) is 22.6. The Hall–Kier alpha value is -1.35. The lowest BCUT2D eigenvalue weighted by molar-refractivity contribution is 0.257. The molecule has 3 aliphatic rings. The Labute approximate surface area is 182 Å². The first kappa shape index (κ1) is 20.9. The molecule has 1 saturated carbocycles. The number of halogens is 1. The van der Waals surface area contributed by atoms with Gasteiger partial charge in [0.15, 0.2) is 0 Å². The molecule has 1 unspecified atom stereocenters. The molecule has 6 nitrogen and oxygen atoms in total. The van der Waals surface area contributed by atoms with Gasteiger partial charge in [0.05, 0.1) is 28.0 Å². The SMILES string of the molecule is NC1(CO)CC1.O=S1CCc2nc(N3CCC(c4cccc(Br)c4)CC3)ncc21. The molecule has 156 valence electrons. The monoisotopic (exact) mass is 478 g/mol. The summed E-state index contributed by atoms with van der Waals surface area (Å²) in [6, 6.07) is 8.62. The minimum Gasteiger partial charge on any atom is -0.394 e. The van der Waals surface area contributed by atoms with Gasteiger partial charge in [0.2, 0.25) is 5.95 Å². The smallest absolute Gasteiger partial charge is 0.225 e. The van der Waals surface area contributed by atoms with Crippen LogP contribution in [0.5, 0.6) is 0 Å². The van der Waals surface area contributed by atoms with E-state index in [0.717, 1.165) is 66.2 Å². The Morgan fingerprint density at radius 3 is 2.69 bits per heavy atom. The molecule has 29 heavy (non-hydrogen) atoms. The molecule has 0 radical (unpaired) electrons. The van der Waals surface area contributed by atoms with E-state index in [0.29, 0.717) is 11.7 Å². The first-order chi connectivity index (χ1) is 14.0. The van der Waals surface area contributed by atoms with Crippen LogP contribution in [0.25, 0.3) is 0 Å². The number of anilines is 1. The van der Waals surface area contributed by atoms with Crippen molar-refractivity contribution >= 4 is 32.7 Å². The fraction of sp³-hybridized carbons (Fsp3) is 0.524. The first-order valence-electron chi connectivity index (χ1n) is 10.1. The highest BCUT2D eigenvalue weighted by Crippen LogP contribution is 2.32. The van der Waals surface area contributed by atoms with Crippen LogP contribution in [0.1, 0.15) is 42.9 Å². The minimum atomic E-state index is -0.892. The van der Waals surface area contributed by atoms with Gasteiger partial charge in [0, 0.05) is 41.5 Å². The molecule has 5 rings (SSSR count). The van der Waals surface area contributed by atoms with Crippen molar-refractivity contribution in [2.45, 2.75) is 48.5 Å². The van der Waals surface area contributed by atoms with Gasteiger partial charge in [-0.05, 0) is 49.3 Å². The third-order valence-electron chi connectivity index (χ3n) is 5.89. The van der Waals surface area contributed by atoms with E-state index >= 15 is 0 Å². The van der Waals surface area contributed by atoms with Gasteiger partial charge in [-0.25, -0.2) is 9.97 Å². The van der Waals surface area contributed by atoms with Crippen molar-refractivity contribution in [3.8, 4) is 0 Å². The number of hydrogen-bond acceptors (Lipinski definition) is 6. The number of aromatic nitrogens is 2. The van der Waals surface area contributed by atoms with Crippen molar-refractivity contribution in [3.05, 3.63) is 46.2 Å². The van der Waals surface area contributed by atoms with E-state index < -0.39 is 10.8 Å². The first-order valence-corrected chi connectivity index (χ1v) is 12.2. The quantitative estimate of drug-likeness (QED) is 0.704. The summed E-state index contributed by atoms with van der Waals surface area (Å²) < 4.78 is 12.9. The fourth-order valence-electron chi connectivity index (χ4n) is 3.71. The number of fused-ring (bicyclic) bond motifs is 1. The summed E-state index contributed by atoms with van der Waals surface area (Å²) in [5, 5.41) is 8.34. The highest BCUT2D eigenvalue weighted by molar-refractivity contribution is 9.10. The Morgan fingerprint density at radius 1 is 1.31 bits per heavy atom. The van der Waals surface area contributed by atoms with Crippen molar-refractivity contribution in [1.29, 1.82) is 0 Å². The summed E-state index contributed by atoms with van der Waals surface area (Å²) in [4.78, 5) is 12.2. The van der Waals surface area contributed by atoms with E-state index in [9.17, 15) is 4.21 Å². The lowest BCUT2D eigenvalue weighted by Crippen LogP contribution is -2.34. The Morgan fingerprint density at radius 2 is 2.07 bits per heavy atom. The molecule has 3 N–H and O–H groups in total. The maximum absolute atomic E-state index is 11.8. The molecule has 3 heterocycles. The zero-order valence-electron chi connectivity index (χ0n) is 16.4. The lowest BCUT2D eigenvalue weighted by atomic mass is 9.90. The molecule has 1 aliphatic carbocycles. The number of aliphatic hydroxyl groups is 1. The van der Waals surface area contributed by atoms with Gasteiger partial charge >= 0.3 is 0 Å². The molecule has 2 fully saturated rings. The van der Waals surface area contributed by atoms with Gasteiger partial charge < -0.3 is 15.7 Å². The topological polar surface area (TPSA) is 92.3 Å². The molecule has 1 atom stereocenters. The van der Waals surface area contributed by atoms with Crippen LogP contribution in [-0.2, 0) is 17.2 Å². The van der Waals surface area contributed by atoms with Crippen LogP contribution in [0.15, 0.2) is 39.8 Å². The minimum absolute atomic E-state index is 0.153. The second-order valence-corrected chi connectivity index (χ2v) is 10.6. The second-order valence-electron chi connectivity index (χ2n) is 8.12.